The molecule has 0 fully saturated rings. The highest BCUT2D eigenvalue weighted by atomic mass is 35.5. The fourth-order valence-corrected chi connectivity index (χ4v) is 2.67. The summed E-state index contributed by atoms with van der Waals surface area (Å²) in [7, 11) is 0. The van der Waals surface area contributed by atoms with Gasteiger partial charge in [0.1, 0.15) is 5.67 Å². The normalized spacial score (nSPS) is 11.4. The highest BCUT2D eigenvalue weighted by Crippen LogP contribution is 2.38. The number of hydrogen-bond donors (Lipinski definition) is 1. The Morgan fingerprint density at radius 3 is 2.45 bits per heavy atom. The van der Waals surface area contributed by atoms with E-state index in [1.54, 1.807) is 32.0 Å². The first-order valence-electron chi connectivity index (χ1n) is 7.57. The molecule has 0 aliphatic carbocycles. The number of carbonyl (C=O) groups is 1. The average Bonchev–Trinajstić information content (AvgIpc) is 2.52. The minimum absolute atomic E-state index is 0.120. The number of nitrogens with two attached hydrogens (primary N) is 1. The lowest BCUT2D eigenvalue weighted by Crippen LogP contribution is -2.38. The molecule has 122 valence electrons. The van der Waals surface area contributed by atoms with E-state index in [-0.39, 0.29) is 29.0 Å². The number of hydrogen-bond acceptors (Lipinski definition) is 2. The van der Waals surface area contributed by atoms with Crippen molar-refractivity contribution in [3.8, 4) is 0 Å². The van der Waals surface area contributed by atoms with E-state index in [2.05, 4.69) is 6.58 Å². The van der Waals surface area contributed by atoms with Gasteiger partial charge in [-0.3, -0.25) is 4.79 Å². The zero-order chi connectivity index (χ0) is 16.9. The van der Waals surface area contributed by atoms with E-state index < -0.39 is 11.6 Å². The molecule has 0 aliphatic heterocycles. The number of amides is 1. The van der Waals surface area contributed by atoms with E-state index in [1.165, 1.54) is 0 Å². The molecule has 2 N–H and O–H groups in total. The zero-order valence-corrected chi connectivity index (χ0v) is 14.2. The maximum Gasteiger partial charge on any atom is 0.274 e. The number of rotatable bonds is 7. The molecular weight excluding hydrogens is 303 g/mol. The van der Waals surface area contributed by atoms with Gasteiger partial charge in [0.15, 0.2) is 0 Å². The van der Waals surface area contributed by atoms with Crippen molar-refractivity contribution in [2.24, 2.45) is 5.84 Å². The van der Waals surface area contributed by atoms with Crippen LogP contribution >= 0.6 is 11.6 Å². The van der Waals surface area contributed by atoms with Gasteiger partial charge in [0.25, 0.3) is 5.91 Å². The summed E-state index contributed by atoms with van der Waals surface area (Å²) in [6.45, 7) is 9.25. The molecule has 0 atom stereocenters. The maximum atomic E-state index is 15.1. The largest absolute Gasteiger partial charge is 0.274 e. The Balaban J connectivity index is 3.35. The topological polar surface area (TPSA) is 46.3 Å². The fourth-order valence-electron chi connectivity index (χ4n) is 2.42. The standard InChI is InChI=1S/C17H24ClFN2O/c1-5-9-12(4)21(20)16(22)15-13(10-8-11-14(15)18)17(19,6-2)7-3/h8,10-11H,4-7,9,20H2,1-3H3. The summed E-state index contributed by atoms with van der Waals surface area (Å²) in [5.41, 5.74) is -0.719. The van der Waals surface area contributed by atoms with Crippen LogP contribution < -0.4 is 5.84 Å². The van der Waals surface area contributed by atoms with Gasteiger partial charge >= 0.3 is 0 Å². The molecule has 3 nitrogen and oxygen atoms in total. The number of halogens is 2. The van der Waals surface area contributed by atoms with E-state index in [9.17, 15) is 4.79 Å². The Morgan fingerprint density at radius 1 is 1.36 bits per heavy atom. The number of alkyl halides is 1. The van der Waals surface area contributed by atoms with Crippen molar-refractivity contribution < 1.29 is 9.18 Å². The fraction of sp³-hybridized carbons (Fsp3) is 0.471. The van der Waals surface area contributed by atoms with Crippen LogP contribution in [0.15, 0.2) is 30.5 Å². The molecule has 0 aromatic heterocycles. The van der Waals surface area contributed by atoms with E-state index in [0.717, 1.165) is 11.4 Å². The highest BCUT2D eigenvalue weighted by molar-refractivity contribution is 6.34. The SMILES string of the molecule is C=C(CCC)N(N)C(=O)c1c(Cl)cccc1C(F)(CC)CC. The van der Waals surface area contributed by atoms with Crippen molar-refractivity contribution in [2.45, 2.75) is 52.1 Å². The number of hydrazine groups is 1. The molecule has 0 spiro atoms. The van der Waals surface area contributed by atoms with Crippen molar-refractivity contribution in [1.82, 2.24) is 5.01 Å². The van der Waals surface area contributed by atoms with Gasteiger partial charge in [-0.25, -0.2) is 15.2 Å². The third kappa shape index (κ3) is 3.68. The van der Waals surface area contributed by atoms with Gasteiger partial charge in [-0.1, -0.05) is 57.5 Å². The summed E-state index contributed by atoms with van der Waals surface area (Å²) in [5, 5.41) is 1.17. The van der Waals surface area contributed by atoms with Gasteiger partial charge in [0.05, 0.1) is 10.6 Å². The van der Waals surface area contributed by atoms with Crippen molar-refractivity contribution in [3.05, 3.63) is 46.6 Å². The van der Waals surface area contributed by atoms with Gasteiger partial charge in [0.2, 0.25) is 0 Å². The third-order valence-corrected chi connectivity index (χ3v) is 4.24. The molecular formula is C17H24ClFN2O. The van der Waals surface area contributed by atoms with Crippen molar-refractivity contribution >= 4 is 17.5 Å². The molecule has 1 amide bonds. The Kier molecular flexibility index (Phi) is 6.57. The summed E-state index contributed by atoms with van der Waals surface area (Å²) >= 11 is 6.17. The van der Waals surface area contributed by atoms with Crippen LogP contribution in [0.3, 0.4) is 0 Å². The molecule has 0 unspecified atom stereocenters. The molecule has 1 aromatic rings. The summed E-state index contributed by atoms with van der Waals surface area (Å²) in [4.78, 5) is 12.7. The van der Waals surface area contributed by atoms with Crippen LogP contribution in [0.2, 0.25) is 5.02 Å². The summed E-state index contributed by atoms with van der Waals surface area (Å²) in [6.07, 6.45) is 1.91. The lowest BCUT2D eigenvalue weighted by molar-refractivity contribution is 0.0788. The molecule has 0 heterocycles. The van der Waals surface area contributed by atoms with E-state index in [1.807, 2.05) is 6.92 Å². The molecule has 0 radical (unpaired) electrons. The van der Waals surface area contributed by atoms with Crippen LogP contribution in [0, 0.1) is 0 Å². The lowest BCUT2D eigenvalue weighted by atomic mass is 9.86. The van der Waals surface area contributed by atoms with Gasteiger partial charge < -0.3 is 0 Å². The van der Waals surface area contributed by atoms with Crippen molar-refractivity contribution in [2.75, 3.05) is 0 Å². The summed E-state index contributed by atoms with van der Waals surface area (Å²) in [5.74, 6) is 5.32. The minimum Gasteiger partial charge on any atom is -0.267 e. The van der Waals surface area contributed by atoms with Gasteiger partial charge in [-0.15, -0.1) is 0 Å². The Hall–Kier alpha value is -1.39. The zero-order valence-electron chi connectivity index (χ0n) is 13.5. The quantitative estimate of drug-likeness (QED) is 0.437. The molecule has 22 heavy (non-hydrogen) atoms. The second kappa shape index (κ2) is 7.75. The third-order valence-electron chi connectivity index (χ3n) is 3.93. The summed E-state index contributed by atoms with van der Waals surface area (Å²) < 4.78 is 15.1. The van der Waals surface area contributed by atoms with Gasteiger partial charge in [0, 0.05) is 11.3 Å². The van der Waals surface area contributed by atoms with Gasteiger partial charge in [-0.2, -0.15) is 0 Å². The van der Waals surface area contributed by atoms with Crippen molar-refractivity contribution in [3.63, 3.8) is 0 Å². The van der Waals surface area contributed by atoms with Crippen molar-refractivity contribution in [1.29, 1.82) is 0 Å². The molecule has 1 aromatic carbocycles. The van der Waals surface area contributed by atoms with E-state index in [4.69, 9.17) is 17.4 Å². The molecule has 5 heteroatoms. The smallest absolute Gasteiger partial charge is 0.267 e. The van der Waals surface area contributed by atoms with Crippen LogP contribution in [-0.4, -0.2) is 10.9 Å². The van der Waals surface area contributed by atoms with Crippen LogP contribution in [0.4, 0.5) is 4.39 Å². The highest BCUT2D eigenvalue weighted by Gasteiger charge is 2.34. The molecule has 0 bridgehead atoms. The predicted molar refractivity (Wildman–Crippen MR) is 89.2 cm³/mol. The molecule has 1 rings (SSSR count). The molecule has 0 aliphatic rings. The number of allylic oxidation sites excluding steroid dienone is 1. The summed E-state index contributed by atoms with van der Waals surface area (Å²) in [6, 6.07) is 4.82. The molecule has 0 saturated carbocycles. The van der Waals surface area contributed by atoms with E-state index >= 15 is 4.39 Å². The van der Waals surface area contributed by atoms with Crippen LogP contribution in [-0.2, 0) is 5.67 Å². The number of nitrogens with zero attached hydrogens (tertiary/aromatic N) is 1. The Bertz CT molecular complexity index is 556. The second-order valence-electron chi connectivity index (χ2n) is 5.33. The number of benzene rings is 1. The first-order valence-corrected chi connectivity index (χ1v) is 7.95. The van der Waals surface area contributed by atoms with Gasteiger partial charge in [-0.05, 0) is 25.3 Å². The molecule has 0 saturated heterocycles. The maximum absolute atomic E-state index is 15.1. The van der Waals surface area contributed by atoms with E-state index in [0.29, 0.717) is 12.1 Å². The average molecular weight is 327 g/mol. The monoisotopic (exact) mass is 326 g/mol. The Morgan fingerprint density at radius 2 is 1.95 bits per heavy atom. The van der Waals surface area contributed by atoms with Crippen LogP contribution in [0.25, 0.3) is 0 Å². The van der Waals surface area contributed by atoms with Crippen LogP contribution in [0.1, 0.15) is 62.4 Å². The number of carbonyl (C=O) groups excluding carboxylic acids is 1. The lowest BCUT2D eigenvalue weighted by Gasteiger charge is -2.27. The predicted octanol–water partition coefficient (Wildman–Crippen LogP) is 4.95. The second-order valence-corrected chi connectivity index (χ2v) is 5.73. The Labute approximate surface area is 136 Å². The van der Waals surface area contributed by atoms with Crippen LogP contribution in [0.5, 0.6) is 0 Å². The first-order chi connectivity index (χ1) is 10.3. The minimum atomic E-state index is -1.61. The first kappa shape index (κ1) is 18.7.